The van der Waals surface area contributed by atoms with Crippen LogP contribution in [0.4, 0.5) is 0 Å². The van der Waals surface area contributed by atoms with E-state index in [0.29, 0.717) is 18.2 Å². The number of pyridine rings is 1. The second-order valence-electron chi connectivity index (χ2n) is 8.10. The lowest BCUT2D eigenvalue weighted by Crippen LogP contribution is -2.58. The third-order valence-corrected chi connectivity index (χ3v) is 5.66. The molecule has 1 aromatic heterocycles. The van der Waals surface area contributed by atoms with Crippen molar-refractivity contribution in [1.29, 1.82) is 0 Å². The summed E-state index contributed by atoms with van der Waals surface area (Å²) in [5.74, 6) is 7.38. The van der Waals surface area contributed by atoms with Gasteiger partial charge in [-0.05, 0) is 43.5 Å². The topological polar surface area (TPSA) is 63.6 Å². The molecule has 2 aromatic rings. The van der Waals surface area contributed by atoms with Crippen LogP contribution in [0.3, 0.4) is 0 Å². The number of amides is 1. The van der Waals surface area contributed by atoms with Crippen LogP contribution in [-0.2, 0) is 11.3 Å². The van der Waals surface area contributed by atoms with Crippen LogP contribution in [-0.4, -0.2) is 48.2 Å². The van der Waals surface area contributed by atoms with E-state index in [1.165, 1.54) is 18.9 Å². The predicted octanol–water partition coefficient (Wildman–Crippen LogP) is 1.78. The number of nitrogens with zero attached hydrogens (tertiary/aromatic N) is 2. The molecule has 0 atom stereocenters. The number of benzene rings is 1. The third kappa shape index (κ3) is 4.92. The molecular weight excluding hydrogens is 378 g/mol. The van der Waals surface area contributed by atoms with Crippen molar-refractivity contribution in [2.45, 2.75) is 32.4 Å². The van der Waals surface area contributed by atoms with E-state index in [2.05, 4.69) is 17.2 Å². The SMILES string of the molecule is Cc1cc(OCC(=O)N(C)C2CNC2)cc(=O)n1Cc1ccc(C#CC2CC2)cc1. The van der Waals surface area contributed by atoms with Gasteiger partial charge in [-0.3, -0.25) is 9.59 Å². The number of carbonyl (C=O) groups excluding carboxylic acids is 1. The van der Waals surface area contributed by atoms with Gasteiger partial charge in [0.15, 0.2) is 6.61 Å². The number of likely N-dealkylation sites (N-methyl/N-ethyl adjacent to an activating group) is 1. The maximum atomic E-state index is 12.6. The molecule has 1 saturated carbocycles. The molecule has 1 aliphatic heterocycles. The Hall–Kier alpha value is -3.04. The van der Waals surface area contributed by atoms with E-state index in [-0.39, 0.29) is 24.1 Å². The van der Waals surface area contributed by atoms with Crippen LogP contribution in [0.25, 0.3) is 0 Å². The predicted molar refractivity (Wildman–Crippen MR) is 116 cm³/mol. The minimum Gasteiger partial charge on any atom is -0.484 e. The summed E-state index contributed by atoms with van der Waals surface area (Å²) in [5, 5.41) is 3.14. The van der Waals surface area contributed by atoms with Gasteiger partial charge < -0.3 is 19.5 Å². The fourth-order valence-electron chi connectivity index (χ4n) is 3.27. The molecule has 4 rings (SSSR count). The summed E-state index contributed by atoms with van der Waals surface area (Å²) < 4.78 is 7.30. The molecule has 156 valence electrons. The van der Waals surface area contributed by atoms with Crippen molar-refractivity contribution in [3.63, 3.8) is 0 Å². The minimum atomic E-state index is -0.147. The monoisotopic (exact) mass is 405 g/mol. The molecule has 1 aromatic carbocycles. The standard InChI is InChI=1S/C24H27N3O3/c1-17-11-22(30-16-24(29)26(2)21-13-25-14-21)12-23(28)27(17)15-20-9-7-19(8-10-20)6-5-18-3-4-18/h7-12,18,21,25H,3-4,13-16H2,1-2H3. The van der Waals surface area contributed by atoms with Crippen LogP contribution in [0.15, 0.2) is 41.2 Å². The Labute approximate surface area is 176 Å². The summed E-state index contributed by atoms with van der Waals surface area (Å²) in [5.41, 5.74) is 2.69. The third-order valence-electron chi connectivity index (χ3n) is 5.66. The average molecular weight is 405 g/mol. The zero-order chi connectivity index (χ0) is 21.1. The van der Waals surface area contributed by atoms with Crippen molar-refractivity contribution in [1.82, 2.24) is 14.8 Å². The maximum Gasteiger partial charge on any atom is 0.260 e. The van der Waals surface area contributed by atoms with Gasteiger partial charge in [0.25, 0.3) is 11.5 Å². The van der Waals surface area contributed by atoms with Crippen LogP contribution in [0.2, 0.25) is 0 Å². The Balaban J connectivity index is 1.38. The van der Waals surface area contributed by atoms with Gasteiger partial charge in [0.2, 0.25) is 0 Å². The van der Waals surface area contributed by atoms with Gasteiger partial charge in [-0.1, -0.05) is 24.0 Å². The van der Waals surface area contributed by atoms with Crippen LogP contribution in [0.5, 0.6) is 5.75 Å². The first kappa shape index (κ1) is 20.2. The van der Waals surface area contributed by atoms with E-state index in [4.69, 9.17) is 4.74 Å². The summed E-state index contributed by atoms with van der Waals surface area (Å²) >= 11 is 0. The lowest BCUT2D eigenvalue weighted by Gasteiger charge is -2.35. The van der Waals surface area contributed by atoms with E-state index in [9.17, 15) is 9.59 Å². The normalized spacial score (nSPS) is 15.7. The Morgan fingerprint density at radius 2 is 1.97 bits per heavy atom. The summed E-state index contributed by atoms with van der Waals surface area (Å²) in [6.07, 6.45) is 2.44. The van der Waals surface area contributed by atoms with Gasteiger partial charge >= 0.3 is 0 Å². The first-order valence-corrected chi connectivity index (χ1v) is 10.4. The molecule has 6 heteroatoms. The number of carbonyl (C=O) groups is 1. The van der Waals surface area contributed by atoms with Gasteiger partial charge in [-0.15, -0.1) is 0 Å². The molecule has 2 fully saturated rings. The summed E-state index contributed by atoms with van der Waals surface area (Å²) in [7, 11) is 1.78. The highest BCUT2D eigenvalue weighted by atomic mass is 16.5. The largest absolute Gasteiger partial charge is 0.484 e. The van der Waals surface area contributed by atoms with Crippen molar-refractivity contribution in [3.8, 4) is 17.6 Å². The molecule has 0 bridgehead atoms. The minimum absolute atomic E-state index is 0.0702. The molecular formula is C24H27N3O3. The maximum absolute atomic E-state index is 12.6. The van der Waals surface area contributed by atoms with E-state index >= 15 is 0 Å². The number of hydrogen-bond donors (Lipinski definition) is 1. The highest BCUT2D eigenvalue weighted by molar-refractivity contribution is 5.78. The van der Waals surface area contributed by atoms with Crippen LogP contribution in [0, 0.1) is 24.7 Å². The highest BCUT2D eigenvalue weighted by Gasteiger charge is 2.25. The number of aromatic nitrogens is 1. The molecule has 1 N–H and O–H groups in total. The van der Waals surface area contributed by atoms with Crippen molar-refractivity contribution >= 4 is 5.91 Å². The fraction of sp³-hybridized carbons (Fsp3) is 0.417. The zero-order valence-electron chi connectivity index (χ0n) is 17.5. The van der Waals surface area contributed by atoms with Crippen LogP contribution < -0.4 is 15.6 Å². The summed E-state index contributed by atoms with van der Waals surface area (Å²) in [6, 6.07) is 11.5. The van der Waals surface area contributed by atoms with Crippen molar-refractivity contribution in [2.24, 2.45) is 5.92 Å². The molecule has 2 heterocycles. The van der Waals surface area contributed by atoms with Crippen molar-refractivity contribution < 1.29 is 9.53 Å². The number of aryl methyl sites for hydroxylation is 1. The smallest absolute Gasteiger partial charge is 0.260 e. The molecule has 2 aliphatic rings. The highest BCUT2D eigenvalue weighted by Crippen LogP contribution is 2.27. The average Bonchev–Trinajstić information content (AvgIpc) is 3.51. The van der Waals surface area contributed by atoms with E-state index in [1.54, 1.807) is 22.6 Å². The molecule has 0 spiro atoms. The first-order chi connectivity index (χ1) is 14.5. The second-order valence-corrected chi connectivity index (χ2v) is 8.10. The lowest BCUT2D eigenvalue weighted by molar-refractivity contribution is -0.135. The number of hydrogen-bond acceptors (Lipinski definition) is 4. The van der Waals surface area contributed by atoms with E-state index in [1.807, 2.05) is 31.2 Å². The van der Waals surface area contributed by atoms with Crippen LogP contribution >= 0.6 is 0 Å². The molecule has 0 radical (unpaired) electrons. The van der Waals surface area contributed by atoms with Gasteiger partial charge in [0, 0.05) is 43.4 Å². The van der Waals surface area contributed by atoms with Gasteiger partial charge in [0.1, 0.15) is 5.75 Å². The van der Waals surface area contributed by atoms with Crippen LogP contribution in [0.1, 0.15) is 29.7 Å². The molecule has 6 nitrogen and oxygen atoms in total. The number of rotatable bonds is 6. The Morgan fingerprint density at radius 1 is 1.23 bits per heavy atom. The van der Waals surface area contributed by atoms with Gasteiger partial charge in [0.05, 0.1) is 12.6 Å². The van der Waals surface area contributed by atoms with Gasteiger partial charge in [-0.2, -0.15) is 0 Å². The number of ether oxygens (including phenoxy) is 1. The molecule has 0 unspecified atom stereocenters. The second kappa shape index (κ2) is 8.76. The number of nitrogens with one attached hydrogen (secondary N) is 1. The Bertz CT molecular complexity index is 1040. The zero-order valence-corrected chi connectivity index (χ0v) is 17.5. The quantitative estimate of drug-likeness (QED) is 0.744. The summed E-state index contributed by atoms with van der Waals surface area (Å²) in [6.45, 7) is 3.91. The Kier molecular flexibility index (Phi) is 5.91. The lowest BCUT2D eigenvalue weighted by atomic mass is 10.1. The van der Waals surface area contributed by atoms with E-state index < -0.39 is 0 Å². The molecule has 1 aliphatic carbocycles. The fourth-order valence-corrected chi connectivity index (χ4v) is 3.27. The van der Waals surface area contributed by atoms with Crippen molar-refractivity contribution in [3.05, 3.63) is 63.6 Å². The van der Waals surface area contributed by atoms with Gasteiger partial charge in [-0.25, -0.2) is 0 Å². The molecule has 1 saturated heterocycles. The Morgan fingerprint density at radius 3 is 2.57 bits per heavy atom. The first-order valence-electron chi connectivity index (χ1n) is 10.4. The van der Waals surface area contributed by atoms with Crippen molar-refractivity contribution in [2.75, 3.05) is 26.7 Å². The molecule has 1 amide bonds. The summed E-state index contributed by atoms with van der Waals surface area (Å²) in [4.78, 5) is 26.5. The molecule has 30 heavy (non-hydrogen) atoms. The van der Waals surface area contributed by atoms with E-state index in [0.717, 1.165) is 29.9 Å².